The average Bonchev–Trinajstić information content (AvgIpc) is 2.56. The number of hydrogen-bond donors (Lipinski definition) is 3. The molecule has 2 fully saturated rings. The standard InChI is InChI=1S/C17H24ClN3O2/c18-14-11-12(17(22)23)4-5-15(14)21-9-6-13(7-10-21)20-16-3-1-2-8-19-16/h4-5,11,13,16,19-20H,1-3,6-10H2,(H,22,23). The number of nitrogens with zero attached hydrogens (tertiary/aromatic N) is 1. The molecule has 126 valence electrons. The molecule has 0 spiro atoms. The Morgan fingerprint density at radius 1 is 1.26 bits per heavy atom. The number of carboxylic acid groups (broad SMARTS) is 1. The molecule has 0 aromatic heterocycles. The van der Waals surface area contributed by atoms with Crippen molar-refractivity contribution in [3.05, 3.63) is 28.8 Å². The Morgan fingerprint density at radius 3 is 2.65 bits per heavy atom. The monoisotopic (exact) mass is 337 g/mol. The van der Waals surface area contributed by atoms with Crippen molar-refractivity contribution in [1.82, 2.24) is 10.6 Å². The number of aromatic carboxylic acids is 1. The van der Waals surface area contributed by atoms with Gasteiger partial charge in [0.25, 0.3) is 0 Å². The molecule has 0 radical (unpaired) electrons. The summed E-state index contributed by atoms with van der Waals surface area (Å²) in [5.74, 6) is -0.943. The highest BCUT2D eigenvalue weighted by atomic mass is 35.5. The van der Waals surface area contributed by atoms with E-state index in [2.05, 4.69) is 15.5 Å². The lowest BCUT2D eigenvalue weighted by Gasteiger charge is -2.37. The van der Waals surface area contributed by atoms with E-state index in [4.69, 9.17) is 16.7 Å². The molecule has 2 aliphatic rings. The highest BCUT2D eigenvalue weighted by Gasteiger charge is 2.23. The minimum Gasteiger partial charge on any atom is -0.478 e. The number of carbonyl (C=O) groups is 1. The minimum absolute atomic E-state index is 0.235. The molecule has 0 saturated carbocycles. The van der Waals surface area contributed by atoms with Crippen LogP contribution in [0.15, 0.2) is 18.2 Å². The van der Waals surface area contributed by atoms with Crippen molar-refractivity contribution in [2.75, 3.05) is 24.5 Å². The summed E-state index contributed by atoms with van der Waals surface area (Å²) in [6, 6.07) is 5.52. The quantitative estimate of drug-likeness (QED) is 0.788. The fourth-order valence-electron chi connectivity index (χ4n) is 3.46. The normalized spacial score (nSPS) is 23.0. The van der Waals surface area contributed by atoms with Crippen LogP contribution in [0, 0.1) is 0 Å². The van der Waals surface area contributed by atoms with Gasteiger partial charge in [-0.2, -0.15) is 0 Å². The Labute approximate surface area is 142 Å². The molecule has 3 rings (SSSR count). The van der Waals surface area contributed by atoms with E-state index in [1.165, 1.54) is 25.3 Å². The smallest absolute Gasteiger partial charge is 0.335 e. The average molecular weight is 338 g/mol. The second-order valence-electron chi connectivity index (χ2n) is 6.40. The maximum atomic E-state index is 11.0. The summed E-state index contributed by atoms with van der Waals surface area (Å²) in [6.45, 7) is 3.00. The van der Waals surface area contributed by atoms with E-state index in [0.717, 1.165) is 38.2 Å². The summed E-state index contributed by atoms with van der Waals surface area (Å²) in [6.07, 6.45) is 6.41. The van der Waals surface area contributed by atoms with Crippen LogP contribution >= 0.6 is 11.6 Å². The molecule has 2 aliphatic heterocycles. The number of halogens is 1. The molecule has 23 heavy (non-hydrogen) atoms. The molecule has 1 aromatic rings. The van der Waals surface area contributed by atoms with E-state index < -0.39 is 5.97 Å². The van der Waals surface area contributed by atoms with E-state index in [1.54, 1.807) is 6.07 Å². The summed E-state index contributed by atoms with van der Waals surface area (Å²) < 4.78 is 0. The van der Waals surface area contributed by atoms with Crippen LogP contribution in [-0.4, -0.2) is 42.9 Å². The largest absolute Gasteiger partial charge is 0.478 e. The fourth-order valence-corrected chi connectivity index (χ4v) is 3.76. The van der Waals surface area contributed by atoms with E-state index in [9.17, 15) is 4.79 Å². The molecule has 0 amide bonds. The van der Waals surface area contributed by atoms with Crippen LogP contribution in [0.5, 0.6) is 0 Å². The molecule has 3 N–H and O–H groups in total. The van der Waals surface area contributed by atoms with Crippen LogP contribution in [0.25, 0.3) is 0 Å². The Kier molecular flexibility index (Phi) is 5.41. The van der Waals surface area contributed by atoms with E-state index in [-0.39, 0.29) is 5.56 Å². The van der Waals surface area contributed by atoms with Crippen LogP contribution in [0.2, 0.25) is 5.02 Å². The number of carboxylic acids is 1. The lowest BCUT2D eigenvalue weighted by atomic mass is 10.0. The molecule has 2 heterocycles. The first kappa shape index (κ1) is 16.6. The number of hydrogen-bond acceptors (Lipinski definition) is 4. The summed E-state index contributed by atoms with van der Waals surface area (Å²) in [5, 5.41) is 16.8. The zero-order valence-electron chi connectivity index (χ0n) is 13.2. The molecule has 1 unspecified atom stereocenters. The van der Waals surface area contributed by atoms with Crippen LogP contribution in [0.1, 0.15) is 42.5 Å². The van der Waals surface area contributed by atoms with Crippen LogP contribution in [0.4, 0.5) is 5.69 Å². The van der Waals surface area contributed by atoms with Gasteiger partial charge in [0, 0.05) is 19.1 Å². The molecule has 5 nitrogen and oxygen atoms in total. The van der Waals surface area contributed by atoms with Crippen molar-refractivity contribution in [2.24, 2.45) is 0 Å². The topological polar surface area (TPSA) is 64.6 Å². The van der Waals surface area contributed by atoms with E-state index in [1.807, 2.05) is 6.07 Å². The third-order valence-electron chi connectivity index (χ3n) is 4.78. The SMILES string of the molecule is O=C(O)c1ccc(N2CCC(NC3CCCCN3)CC2)c(Cl)c1. The Balaban J connectivity index is 1.55. The van der Waals surface area contributed by atoms with Crippen molar-refractivity contribution in [3.63, 3.8) is 0 Å². The van der Waals surface area contributed by atoms with Gasteiger partial charge in [-0.15, -0.1) is 0 Å². The lowest BCUT2D eigenvalue weighted by molar-refractivity contribution is 0.0697. The maximum absolute atomic E-state index is 11.0. The van der Waals surface area contributed by atoms with Crippen molar-refractivity contribution in [3.8, 4) is 0 Å². The van der Waals surface area contributed by atoms with Crippen molar-refractivity contribution in [2.45, 2.75) is 44.3 Å². The van der Waals surface area contributed by atoms with Crippen LogP contribution < -0.4 is 15.5 Å². The van der Waals surface area contributed by atoms with Gasteiger partial charge >= 0.3 is 5.97 Å². The number of nitrogens with one attached hydrogen (secondary N) is 2. The first-order valence-corrected chi connectivity index (χ1v) is 8.78. The van der Waals surface area contributed by atoms with Crippen LogP contribution in [0.3, 0.4) is 0 Å². The number of piperidine rings is 2. The minimum atomic E-state index is -0.943. The molecule has 1 aromatic carbocycles. The van der Waals surface area contributed by atoms with Crippen molar-refractivity contribution < 1.29 is 9.90 Å². The van der Waals surface area contributed by atoms with Crippen molar-refractivity contribution >= 4 is 23.3 Å². The molecule has 0 aliphatic carbocycles. The first-order valence-electron chi connectivity index (χ1n) is 8.41. The van der Waals surface area contributed by atoms with Crippen LogP contribution in [-0.2, 0) is 0 Å². The van der Waals surface area contributed by atoms with Gasteiger partial charge < -0.3 is 15.3 Å². The summed E-state index contributed by atoms with van der Waals surface area (Å²) in [4.78, 5) is 13.2. The fraction of sp³-hybridized carbons (Fsp3) is 0.588. The zero-order chi connectivity index (χ0) is 16.2. The van der Waals surface area contributed by atoms with Gasteiger partial charge in [0.05, 0.1) is 22.4 Å². The first-order chi connectivity index (χ1) is 11.1. The maximum Gasteiger partial charge on any atom is 0.335 e. The molecular formula is C17H24ClN3O2. The van der Waals surface area contributed by atoms with Gasteiger partial charge in [-0.05, 0) is 56.8 Å². The van der Waals surface area contributed by atoms with Gasteiger partial charge in [0.2, 0.25) is 0 Å². The van der Waals surface area contributed by atoms with Gasteiger partial charge in [-0.25, -0.2) is 4.79 Å². The lowest BCUT2D eigenvalue weighted by Crippen LogP contribution is -2.52. The van der Waals surface area contributed by atoms with E-state index in [0.29, 0.717) is 17.2 Å². The van der Waals surface area contributed by atoms with E-state index >= 15 is 0 Å². The van der Waals surface area contributed by atoms with Gasteiger partial charge in [0.15, 0.2) is 0 Å². The molecule has 2 saturated heterocycles. The highest BCUT2D eigenvalue weighted by Crippen LogP contribution is 2.29. The number of benzene rings is 1. The van der Waals surface area contributed by atoms with Crippen molar-refractivity contribution in [1.29, 1.82) is 0 Å². The molecule has 1 atom stereocenters. The second kappa shape index (κ2) is 7.51. The summed E-state index contributed by atoms with van der Waals surface area (Å²) in [5.41, 5.74) is 1.17. The Hall–Kier alpha value is -1.30. The van der Waals surface area contributed by atoms with Gasteiger partial charge in [-0.1, -0.05) is 11.6 Å². The summed E-state index contributed by atoms with van der Waals surface area (Å²) >= 11 is 6.27. The number of rotatable bonds is 4. The number of anilines is 1. The predicted octanol–water partition coefficient (Wildman–Crippen LogP) is 2.70. The molecule has 6 heteroatoms. The highest BCUT2D eigenvalue weighted by molar-refractivity contribution is 6.33. The molecule has 0 bridgehead atoms. The summed E-state index contributed by atoms with van der Waals surface area (Å²) in [7, 11) is 0. The Bertz CT molecular complexity index is 553. The Morgan fingerprint density at radius 2 is 2.04 bits per heavy atom. The zero-order valence-corrected chi connectivity index (χ0v) is 14.0. The predicted molar refractivity (Wildman–Crippen MR) is 92.4 cm³/mol. The second-order valence-corrected chi connectivity index (χ2v) is 6.81. The van der Waals surface area contributed by atoms with Gasteiger partial charge in [-0.3, -0.25) is 5.32 Å². The third kappa shape index (κ3) is 4.16. The molecular weight excluding hydrogens is 314 g/mol. The third-order valence-corrected chi connectivity index (χ3v) is 5.08. The van der Waals surface area contributed by atoms with Gasteiger partial charge in [0.1, 0.15) is 0 Å².